The van der Waals surface area contributed by atoms with Gasteiger partial charge in [0.25, 0.3) is 5.91 Å². The number of nitrogens with two attached hydrogens (primary N) is 1. The Balaban J connectivity index is 0.000000200. The number of carbonyl (C=O) groups is 7. The number of nitrogens with one attached hydrogen (secondary N) is 1. The number of nitrogens with zero attached hydrogens (tertiary/aromatic N) is 7. The molecule has 25 heteroatoms. The van der Waals surface area contributed by atoms with Gasteiger partial charge in [0, 0.05) is 75.5 Å². The Hall–Kier alpha value is -6.87. The summed E-state index contributed by atoms with van der Waals surface area (Å²) in [5, 5.41) is 24.7. The van der Waals surface area contributed by atoms with Crippen LogP contribution in [0.25, 0.3) is 15.2 Å². The maximum atomic E-state index is 13.2. The smallest absolute Gasteiger partial charge is 0.304 e. The second kappa shape index (κ2) is 23.6. The van der Waals surface area contributed by atoms with Crippen molar-refractivity contribution in [2.24, 2.45) is 23.5 Å². The number of hydrogen-bond acceptors (Lipinski definition) is 18. The summed E-state index contributed by atoms with van der Waals surface area (Å²) >= 11 is 2.57. The van der Waals surface area contributed by atoms with Gasteiger partial charge in [0.1, 0.15) is 39.6 Å². The van der Waals surface area contributed by atoms with E-state index in [2.05, 4.69) is 54.1 Å². The summed E-state index contributed by atoms with van der Waals surface area (Å²) in [7, 11) is 1.19. The predicted octanol–water partition coefficient (Wildman–Crippen LogP) is 4.26. The lowest BCUT2D eigenvalue weighted by Gasteiger charge is -2.47. The SMILES string of the molecule is C.CC(=O)O[C@H]1NC(=O)[C@@H]1[C@@H](C)O[Si](C)(C)C(C)(C)C.CCC(=O)c1cn2cnc(C(OC)(OC)c3cccnc3)c2s1.C[C@@H](O)[C@H]1C(=O)N2C(C(=O)[O-])=C(c3cn4cnc(C(=O)c5ccc[n+](CC(N)=O)c5)c4s3)[C@H](C)[C@H]12. The number of aliphatic hydroxyl groups is 1. The van der Waals surface area contributed by atoms with Crippen LogP contribution in [0.3, 0.4) is 0 Å². The first kappa shape index (κ1) is 60.4. The number of carbonyl (C=O) groups excluding carboxylic acids is 7. The number of ether oxygens (including phenoxy) is 3. The third kappa shape index (κ3) is 11.5. The molecule has 418 valence electrons. The minimum Gasteiger partial charge on any atom is -0.543 e. The number of aliphatic carboxylic acids is 1. The zero-order valence-corrected chi connectivity index (χ0v) is 47.4. The molecule has 6 aromatic heterocycles. The highest BCUT2D eigenvalue weighted by molar-refractivity contribution is 7.19. The zero-order chi connectivity index (χ0) is 56.6. The molecule has 3 amide bonds. The number of Topliss-reactive ketones (excluding diaryl/α,β-unsaturated/α-hetero) is 1. The molecule has 9 heterocycles. The molecule has 0 spiro atoms. The molecule has 0 radical (unpaired) electrons. The summed E-state index contributed by atoms with van der Waals surface area (Å²) in [5.41, 5.74) is 7.28. The second-order valence-corrected chi connectivity index (χ2v) is 27.2. The fourth-order valence-electron chi connectivity index (χ4n) is 9.39. The first-order valence-electron chi connectivity index (χ1n) is 24.6. The summed E-state index contributed by atoms with van der Waals surface area (Å²) < 4.78 is 27.6. The molecule has 0 bridgehead atoms. The number of methoxy groups -OCH3 is 2. The molecule has 2 fully saturated rings. The molecule has 6 aromatic rings. The van der Waals surface area contributed by atoms with Gasteiger partial charge in [-0.3, -0.25) is 42.6 Å². The summed E-state index contributed by atoms with van der Waals surface area (Å²) in [6.07, 6.45) is 11.8. The number of amides is 3. The van der Waals surface area contributed by atoms with Crippen LogP contribution in [-0.4, -0.2) is 122 Å². The number of rotatable bonds is 17. The van der Waals surface area contributed by atoms with Gasteiger partial charge >= 0.3 is 5.97 Å². The molecule has 78 heavy (non-hydrogen) atoms. The summed E-state index contributed by atoms with van der Waals surface area (Å²) in [6.45, 7) is 19.0. The van der Waals surface area contributed by atoms with E-state index < -0.39 is 68.1 Å². The van der Waals surface area contributed by atoms with Gasteiger partial charge in [-0.15, -0.1) is 22.7 Å². The number of ketones is 2. The van der Waals surface area contributed by atoms with Crippen LogP contribution in [0.2, 0.25) is 18.1 Å². The van der Waals surface area contributed by atoms with Crippen LogP contribution < -0.4 is 20.7 Å². The molecule has 9 rings (SSSR count). The van der Waals surface area contributed by atoms with Crippen molar-refractivity contribution in [3.63, 3.8) is 0 Å². The third-order valence-corrected chi connectivity index (χ3v) is 21.1. The molecular weight excluding hydrogens is 1060 g/mol. The van der Waals surface area contributed by atoms with Crippen LogP contribution in [0.4, 0.5) is 0 Å². The first-order chi connectivity index (χ1) is 36.2. The Bertz CT molecular complexity index is 3280. The van der Waals surface area contributed by atoms with Gasteiger partial charge in [-0.1, -0.05) is 48.1 Å². The molecular formula is C53H67N9O13S2Si. The Morgan fingerprint density at radius 3 is 2.22 bits per heavy atom. The molecule has 2 saturated heterocycles. The summed E-state index contributed by atoms with van der Waals surface area (Å²) in [4.78, 5) is 100. The van der Waals surface area contributed by atoms with Crippen LogP contribution >= 0.6 is 22.7 Å². The molecule has 7 atom stereocenters. The van der Waals surface area contributed by atoms with Crippen molar-refractivity contribution in [2.45, 2.75) is 124 Å². The maximum Gasteiger partial charge on any atom is 0.304 e. The molecule has 22 nitrogen and oxygen atoms in total. The number of carboxylic acid groups (broad SMARTS) is 1. The van der Waals surface area contributed by atoms with E-state index >= 15 is 0 Å². The molecule has 0 unspecified atom stereocenters. The lowest BCUT2D eigenvalue weighted by Crippen LogP contribution is -2.65. The number of carboxylic acids is 1. The van der Waals surface area contributed by atoms with Crippen molar-refractivity contribution < 1.29 is 67.0 Å². The molecule has 0 aromatic carbocycles. The fraction of sp³-hybridized carbons (Fsp3) is 0.453. The normalized spacial score (nSPS) is 19.7. The van der Waals surface area contributed by atoms with Gasteiger partial charge in [-0.05, 0) is 44.1 Å². The second-order valence-electron chi connectivity index (χ2n) is 20.4. The van der Waals surface area contributed by atoms with Crippen molar-refractivity contribution in [1.82, 2.24) is 34.0 Å². The Morgan fingerprint density at radius 2 is 1.65 bits per heavy atom. The first-order valence-corrected chi connectivity index (χ1v) is 29.2. The van der Waals surface area contributed by atoms with Gasteiger partial charge in [0.15, 0.2) is 32.7 Å². The van der Waals surface area contributed by atoms with Crippen LogP contribution in [0.15, 0.2) is 79.8 Å². The van der Waals surface area contributed by atoms with Gasteiger partial charge in [0.05, 0.1) is 51.2 Å². The predicted molar refractivity (Wildman–Crippen MR) is 288 cm³/mol. The lowest BCUT2D eigenvalue weighted by molar-refractivity contribution is -0.684. The highest BCUT2D eigenvalue weighted by Crippen LogP contribution is 2.51. The summed E-state index contributed by atoms with van der Waals surface area (Å²) in [5.74, 6) is -5.86. The van der Waals surface area contributed by atoms with Crippen LogP contribution in [-0.2, 0) is 54.9 Å². The number of thiazole rings is 2. The molecule has 0 saturated carbocycles. The quantitative estimate of drug-likeness (QED) is 0.0287. The molecule has 4 N–H and O–H groups in total. The van der Waals surface area contributed by atoms with Crippen molar-refractivity contribution in [3.05, 3.63) is 112 Å². The fourth-order valence-corrected chi connectivity index (χ4v) is 13.2. The molecule has 3 aliphatic rings. The number of primary amides is 1. The molecule has 3 aliphatic heterocycles. The maximum absolute atomic E-state index is 13.2. The highest BCUT2D eigenvalue weighted by atomic mass is 32.1. The average molecular weight is 1130 g/mol. The molecule has 0 aliphatic carbocycles. The van der Waals surface area contributed by atoms with Gasteiger partial charge in [-0.2, -0.15) is 4.57 Å². The van der Waals surface area contributed by atoms with Gasteiger partial charge < -0.3 is 49.6 Å². The van der Waals surface area contributed by atoms with Crippen LogP contribution in [0.5, 0.6) is 0 Å². The van der Waals surface area contributed by atoms with E-state index in [0.717, 1.165) is 10.4 Å². The number of hydrogen-bond donors (Lipinski definition) is 3. The van der Waals surface area contributed by atoms with E-state index in [1.165, 1.54) is 58.5 Å². The number of β-lactam (4-membered cyclic amide) rings is 2. The zero-order valence-electron chi connectivity index (χ0n) is 44.8. The van der Waals surface area contributed by atoms with Gasteiger partial charge in [-0.25, -0.2) is 9.97 Å². The van der Waals surface area contributed by atoms with E-state index in [9.17, 15) is 43.8 Å². The van der Waals surface area contributed by atoms with Crippen LogP contribution in [0.1, 0.15) is 111 Å². The number of aromatic nitrogens is 6. The van der Waals surface area contributed by atoms with Crippen molar-refractivity contribution in [2.75, 3.05) is 14.2 Å². The number of fused-ring (bicyclic) bond motifs is 3. The van der Waals surface area contributed by atoms with Crippen molar-refractivity contribution in [1.29, 1.82) is 0 Å². The van der Waals surface area contributed by atoms with Crippen LogP contribution in [0, 0.1) is 17.8 Å². The van der Waals surface area contributed by atoms with Crippen molar-refractivity contribution >= 4 is 87.5 Å². The summed E-state index contributed by atoms with van der Waals surface area (Å²) in [6, 6.07) is 6.44. The Kier molecular flexibility index (Phi) is 18.3. The Labute approximate surface area is 460 Å². The topological polar surface area (TPSA) is 292 Å². The van der Waals surface area contributed by atoms with E-state index in [-0.39, 0.29) is 59.9 Å². The van der Waals surface area contributed by atoms with E-state index in [1.807, 2.05) is 37.3 Å². The number of esters is 1. The third-order valence-electron chi connectivity index (χ3n) is 14.3. The van der Waals surface area contributed by atoms with E-state index in [0.29, 0.717) is 37.8 Å². The Morgan fingerprint density at radius 1 is 0.987 bits per heavy atom. The number of pyridine rings is 2. The van der Waals surface area contributed by atoms with E-state index in [1.54, 1.807) is 68.1 Å². The van der Waals surface area contributed by atoms with E-state index in [4.69, 9.17) is 24.4 Å². The standard InChI is InChI=1S/C23H21N5O6S.C16H17N3O3S.C13H25NO4Si.CH4/c1-10-15(19(23(33)34)28-18(10)16(11(2)29)21(28)32)13-7-27-9-25-17(22(27)35-13)20(31)12-4-3-5-26(6-12)8-14(24)30;1-4-12(20)13-9-19-10-18-14(15(19)23-13)16(21-2,22-3)11-6-5-7-17-8-11;1-8(18-19(6,7)13(3,4)5)10-11(16)14-12(10)17-9(2)15;/h3-7,9-11,16,18,29H,8H2,1-2H3,(H2-,24,30,33,34);5-10H,4H2,1-3H3;8,10,12H,1-7H3,(H,14,16);1H4/t10-,11+,16+,18+;;8-,10+,12-;/m0.1./s1. The van der Waals surface area contributed by atoms with Gasteiger partial charge in [0.2, 0.25) is 29.9 Å². The largest absolute Gasteiger partial charge is 0.543 e. The number of aliphatic hydroxyl groups excluding tert-OH is 1. The minimum atomic E-state index is -1.93. The lowest BCUT2D eigenvalue weighted by atomic mass is 9.77. The van der Waals surface area contributed by atoms with Crippen molar-refractivity contribution in [3.8, 4) is 0 Å². The highest BCUT2D eigenvalue weighted by Gasteiger charge is 2.59. The number of imidazole rings is 2. The minimum absolute atomic E-state index is 0. The monoisotopic (exact) mass is 1130 g/mol. The average Bonchev–Trinajstić information content (AvgIpc) is 4.21.